The monoisotopic (exact) mass is 674 g/mol. The highest BCUT2D eigenvalue weighted by Gasteiger charge is 2.13. The minimum Gasteiger partial charge on any atom is -0.487 e. The molecule has 0 saturated carbocycles. The van der Waals surface area contributed by atoms with E-state index in [1.165, 1.54) is 12.1 Å². The van der Waals surface area contributed by atoms with Crippen molar-refractivity contribution in [1.29, 1.82) is 5.26 Å². The molecule has 1 amide bonds. The van der Waals surface area contributed by atoms with E-state index < -0.39 is 5.91 Å². The number of hydrogen-bond donors (Lipinski definition) is 1. The molecular formula is C23H14Cl2I2N2O2. The Labute approximate surface area is 217 Å². The van der Waals surface area contributed by atoms with Gasteiger partial charge in [0.25, 0.3) is 5.91 Å². The van der Waals surface area contributed by atoms with Crippen LogP contribution >= 0.6 is 68.4 Å². The fraction of sp³-hybridized carbons (Fsp3) is 0.0435. The topological polar surface area (TPSA) is 62.1 Å². The molecule has 0 aromatic heterocycles. The first-order valence-corrected chi connectivity index (χ1v) is 11.8. The number of benzene rings is 3. The number of ether oxygens (including phenoxy) is 1. The van der Waals surface area contributed by atoms with Crippen molar-refractivity contribution in [2.45, 2.75) is 6.61 Å². The molecule has 4 nitrogen and oxygen atoms in total. The summed E-state index contributed by atoms with van der Waals surface area (Å²) in [4.78, 5) is 12.5. The molecule has 0 spiro atoms. The van der Waals surface area contributed by atoms with Crippen molar-refractivity contribution in [3.8, 4) is 11.8 Å². The second-order valence-electron chi connectivity index (χ2n) is 6.34. The number of anilines is 1. The van der Waals surface area contributed by atoms with Crippen molar-refractivity contribution in [3.63, 3.8) is 0 Å². The Balaban J connectivity index is 1.77. The number of halogens is 4. The van der Waals surface area contributed by atoms with E-state index >= 15 is 0 Å². The predicted octanol–water partition coefficient (Wildman–Crippen LogP) is 7.33. The smallest absolute Gasteiger partial charge is 0.266 e. The summed E-state index contributed by atoms with van der Waals surface area (Å²) >= 11 is 16.2. The van der Waals surface area contributed by atoms with E-state index in [1.54, 1.807) is 12.1 Å². The maximum atomic E-state index is 12.5. The Morgan fingerprint density at radius 3 is 2.32 bits per heavy atom. The van der Waals surface area contributed by atoms with E-state index in [9.17, 15) is 10.1 Å². The van der Waals surface area contributed by atoms with Gasteiger partial charge in [-0.25, -0.2) is 0 Å². The number of carbonyl (C=O) groups is 1. The van der Waals surface area contributed by atoms with Gasteiger partial charge < -0.3 is 10.1 Å². The molecule has 0 fully saturated rings. The van der Waals surface area contributed by atoms with Crippen LogP contribution in [0, 0.1) is 18.5 Å². The van der Waals surface area contributed by atoms with Crippen LogP contribution in [0.2, 0.25) is 10.0 Å². The average molecular weight is 675 g/mol. The van der Waals surface area contributed by atoms with Gasteiger partial charge in [0.15, 0.2) is 0 Å². The van der Waals surface area contributed by atoms with Crippen LogP contribution in [0.25, 0.3) is 6.08 Å². The number of amides is 1. The van der Waals surface area contributed by atoms with Crippen LogP contribution in [0.4, 0.5) is 5.69 Å². The molecule has 0 atom stereocenters. The molecule has 0 bridgehead atoms. The fourth-order valence-corrected chi connectivity index (χ4v) is 5.04. The molecule has 3 aromatic carbocycles. The van der Waals surface area contributed by atoms with Gasteiger partial charge >= 0.3 is 0 Å². The first-order chi connectivity index (χ1) is 14.9. The Hall–Kier alpha value is -1.80. The Bertz CT molecular complexity index is 1170. The summed E-state index contributed by atoms with van der Waals surface area (Å²) in [6.07, 6.45) is 1.54. The van der Waals surface area contributed by atoms with Crippen LogP contribution in [0.1, 0.15) is 11.1 Å². The van der Waals surface area contributed by atoms with E-state index in [2.05, 4.69) is 50.5 Å². The number of carbonyl (C=O) groups excluding carboxylic acids is 1. The fourth-order valence-electron chi connectivity index (χ4n) is 2.62. The molecule has 8 heteroatoms. The van der Waals surface area contributed by atoms with Gasteiger partial charge in [-0.15, -0.1) is 0 Å². The van der Waals surface area contributed by atoms with Crippen LogP contribution < -0.4 is 10.1 Å². The van der Waals surface area contributed by atoms with E-state index in [1.807, 2.05) is 48.5 Å². The maximum Gasteiger partial charge on any atom is 0.266 e. The standard InChI is InChI=1S/C23H14Cl2I2N2O2/c24-18-7-6-17(11-19(18)25)29-23(30)16(12-28)8-15-9-20(26)22(21(27)10-15)31-13-14-4-2-1-3-5-14/h1-11H,13H2,(H,29,30)/b16-8+. The van der Waals surface area contributed by atoms with Gasteiger partial charge in [-0.2, -0.15) is 5.26 Å². The Kier molecular flexibility index (Phi) is 8.60. The highest BCUT2D eigenvalue weighted by Crippen LogP contribution is 2.31. The van der Waals surface area contributed by atoms with Gasteiger partial charge in [0.2, 0.25) is 0 Å². The second-order valence-corrected chi connectivity index (χ2v) is 9.48. The number of rotatable bonds is 6. The first-order valence-electron chi connectivity index (χ1n) is 8.91. The highest BCUT2D eigenvalue weighted by atomic mass is 127. The minimum absolute atomic E-state index is 0.0318. The normalized spacial score (nSPS) is 11.0. The summed E-state index contributed by atoms with van der Waals surface area (Å²) in [5.74, 6) is 0.233. The van der Waals surface area contributed by atoms with E-state index in [4.69, 9.17) is 27.9 Å². The number of nitriles is 1. The zero-order valence-corrected chi connectivity index (χ0v) is 21.7. The van der Waals surface area contributed by atoms with Gasteiger partial charge in [-0.1, -0.05) is 53.5 Å². The van der Waals surface area contributed by atoms with Gasteiger partial charge in [0.05, 0.1) is 17.2 Å². The van der Waals surface area contributed by atoms with Crippen LogP contribution in [0.3, 0.4) is 0 Å². The summed E-state index contributed by atoms with van der Waals surface area (Å²) in [6.45, 7) is 0.456. The molecule has 0 aliphatic carbocycles. The molecule has 0 aliphatic heterocycles. The lowest BCUT2D eigenvalue weighted by atomic mass is 10.1. The highest BCUT2D eigenvalue weighted by molar-refractivity contribution is 14.1. The molecule has 156 valence electrons. The molecule has 1 N–H and O–H groups in total. The third kappa shape index (κ3) is 6.59. The maximum absolute atomic E-state index is 12.5. The van der Waals surface area contributed by atoms with Crippen molar-refractivity contribution in [2.24, 2.45) is 0 Å². The van der Waals surface area contributed by atoms with Crippen molar-refractivity contribution in [1.82, 2.24) is 0 Å². The summed E-state index contributed by atoms with van der Waals surface area (Å²) in [5.41, 5.74) is 2.22. The third-order valence-electron chi connectivity index (χ3n) is 4.10. The molecule has 0 aliphatic rings. The third-order valence-corrected chi connectivity index (χ3v) is 6.44. The first kappa shape index (κ1) is 23.9. The largest absolute Gasteiger partial charge is 0.487 e. The lowest BCUT2D eigenvalue weighted by molar-refractivity contribution is -0.112. The zero-order chi connectivity index (χ0) is 22.4. The van der Waals surface area contributed by atoms with E-state index in [-0.39, 0.29) is 5.57 Å². The summed E-state index contributed by atoms with van der Waals surface area (Å²) in [5, 5.41) is 12.8. The molecule has 0 radical (unpaired) electrons. The SMILES string of the molecule is N#C/C(=C\c1cc(I)c(OCc2ccccc2)c(I)c1)C(=O)Nc1ccc(Cl)c(Cl)c1. The molecule has 0 heterocycles. The van der Waals surface area contributed by atoms with Gasteiger partial charge in [-0.05, 0) is 92.7 Å². The second kappa shape index (κ2) is 11.2. The van der Waals surface area contributed by atoms with Crippen LogP contribution in [0.15, 0.2) is 66.2 Å². The van der Waals surface area contributed by atoms with Gasteiger partial charge in [0, 0.05) is 5.69 Å². The average Bonchev–Trinajstić information content (AvgIpc) is 2.74. The summed E-state index contributed by atoms with van der Waals surface area (Å²) in [7, 11) is 0. The summed E-state index contributed by atoms with van der Waals surface area (Å²) in [6, 6.07) is 20.3. The minimum atomic E-state index is -0.532. The number of hydrogen-bond acceptors (Lipinski definition) is 3. The van der Waals surface area contributed by atoms with Crippen LogP contribution in [-0.2, 0) is 11.4 Å². The van der Waals surface area contributed by atoms with Crippen molar-refractivity contribution in [2.75, 3.05) is 5.32 Å². The molecule has 0 saturated heterocycles. The molecular weight excluding hydrogens is 661 g/mol. The molecule has 3 rings (SSSR count). The van der Waals surface area contributed by atoms with E-state index in [0.29, 0.717) is 22.3 Å². The Morgan fingerprint density at radius 2 is 1.71 bits per heavy atom. The van der Waals surface area contributed by atoms with Gasteiger partial charge in [-0.3, -0.25) is 4.79 Å². The zero-order valence-electron chi connectivity index (χ0n) is 15.8. The lowest BCUT2D eigenvalue weighted by Crippen LogP contribution is -2.13. The van der Waals surface area contributed by atoms with E-state index in [0.717, 1.165) is 24.0 Å². The molecule has 0 unspecified atom stereocenters. The van der Waals surface area contributed by atoms with Crippen molar-refractivity contribution in [3.05, 3.63) is 94.5 Å². The predicted molar refractivity (Wildman–Crippen MR) is 141 cm³/mol. The Morgan fingerprint density at radius 1 is 1.03 bits per heavy atom. The van der Waals surface area contributed by atoms with Gasteiger partial charge in [0.1, 0.15) is 24.0 Å². The van der Waals surface area contributed by atoms with Crippen LogP contribution in [0.5, 0.6) is 5.75 Å². The van der Waals surface area contributed by atoms with Crippen molar-refractivity contribution < 1.29 is 9.53 Å². The quantitative estimate of drug-likeness (QED) is 0.169. The molecule has 31 heavy (non-hydrogen) atoms. The lowest BCUT2D eigenvalue weighted by Gasteiger charge is -2.12. The van der Waals surface area contributed by atoms with Crippen molar-refractivity contribution >= 4 is 86.1 Å². The van der Waals surface area contributed by atoms with Crippen LogP contribution in [-0.4, -0.2) is 5.91 Å². The molecule has 3 aromatic rings. The summed E-state index contributed by atoms with van der Waals surface area (Å²) < 4.78 is 7.75. The number of nitrogens with zero attached hydrogens (tertiary/aromatic N) is 1. The number of nitrogens with one attached hydrogen (secondary N) is 1.